The third-order valence-electron chi connectivity index (χ3n) is 5.09. The minimum Gasteiger partial charge on any atom is -0.497 e. The van der Waals surface area contributed by atoms with Gasteiger partial charge < -0.3 is 4.74 Å². The van der Waals surface area contributed by atoms with Crippen LogP contribution in [0, 0.1) is 34.1 Å². The van der Waals surface area contributed by atoms with Gasteiger partial charge in [0.05, 0.1) is 38.1 Å². The van der Waals surface area contributed by atoms with E-state index in [0.717, 1.165) is 12.1 Å². The second-order valence-corrected chi connectivity index (χ2v) is 10.9. The average Bonchev–Trinajstić information content (AvgIpc) is 2.79. The Labute approximate surface area is 206 Å². The van der Waals surface area contributed by atoms with Crippen molar-refractivity contribution in [2.24, 2.45) is 0 Å². The van der Waals surface area contributed by atoms with Crippen molar-refractivity contribution in [3.8, 4) is 5.75 Å². The van der Waals surface area contributed by atoms with Crippen molar-refractivity contribution in [2.45, 2.75) is 23.6 Å². The molecule has 0 unspecified atom stereocenters. The van der Waals surface area contributed by atoms with Gasteiger partial charge in [0.25, 0.3) is 31.4 Å². The van der Waals surface area contributed by atoms with Crippen molar-refractivity contribution < 1.29 is 31.4 Å². The van der Waals surface area contributed by atoms with Crippen LogP contribution in [0.1, 0.15) is 11.1 Å². The number of hydrogen-bond acceptors (Lipinski definition) is 9. The number of hydrogen-bond donors (Lipinski definition) is 2. The van der Waals surface area contributed by atoms with E-state index in [-0.39, 0.29) is 28.3 Å². The summed E-state index contributed by atoms with van der Waals surface area (Å²) in [4.78, 5) is 20.2. The molecule has 0 aliphatic heterocycles. The first-order valence-corrected chi connectivity index (χ1v) is 13.0. The molecule has 0 radical (unpaired) electrons. The van der Waals surface area contributed by atoms with Gasteiger partial charge in [-0.1, -0.05) is 12.1 Å². The molecule has 190 valence electrons. The zero-order chi connectivity index (χ0) is 26.8. The molecule has 0 bridgehead atoms. The maximum atomic E-state index is 13.0. The lowest BCUT2D eigenvalue weighted by Gasteiger charge is -2.16. The van der Waals surface area contributed by atoms with Gasteiger partial charge in [0.1, 0.15) is 5.75 Å². The molecule has 36 heavy (non-hydrogen) atoms. The van der Waals surface area contributed by atoms with Gasteiger partial charge in [0.2, 0.25) is 0 Å². The first kappa shape index (κ1) is 26.4. The first-order valence-electron chi connectivity index (χ1n) is 9.99. The number of nitrogens with zero attached hydrogens (tertiary/aromatic N) is 2. The highest BCUT2D eigenvalue weighted by molar-refractivity contribution is 7.93. The highest BCUT2D eigenvalue weighted by atomic mass is 32.2. The number of benzene rings is 3. The Kier molecular flexibility index (Phi) is 7.17. The van der Waals surface area contributed by atoms with E-state index < -0.39 is 51.1 Å². The van der Waals surface area contributed by atoms with Gasteiger partial charge in [-0.25, -0.2) is 16.8 Å². The van der Waals surface area contributed by atoms with Crippen LogP contribution in [0.25, 0.3) is 0 Å². The number of aryl methyl sites for hydroxylation is 2. The predicted octanol–water partition coefficient (Wildman–Crippen LogP) is 3.73. The zero-order valence-electron chi connectivity index (χ0n) is 19.1. The van der Waals surface area contributed by atoms with Crippen LogP contribution < -0.4 is 14.2 Å². The van der Waals surface area contributed by atoms with Crippen LogP contribution in [0.2, 0.25) is 0 Å². The fraction of sp³-hybridized carbons (Fsp3) is 0.143. The molecule has 0 amide bonds. The summed E-state index contributed by atoms with van der Waals surface area (Å²) in [7, 11) is -7.49. The topological polar surface area (TPSA) is 188 Å². The number of rotatable bonds is 9. The molecule has 2 N–H and O–H groups in total. The van der Waals surface area contributed by atoms with Crippen molar-refractivity contribution in [1.29, 1.82) is 0 Å². The van der Waals surface area contributed by atoms with Crippen LogP contribution in [0.3, 0.4) is 0 Å². The summed E-state index contributed by atoms with van der Waals surface area (Å²) in [5.41, 5.74) is -0.781. The number of methoxy groups -OCH3 is 1. The van der Waals surface area contributed by atoms with Crippen LogP contribution in [0.5, 0.6) is 5.75 Å². The molecule has 15 heteroatoms. The molecule has 0 fully saturated rings. The van der Waals surface area contributed by atoms with Crippen molar-refractivity contribution in [3.05, 3.63) is 86.0 Å². The summed E-state index contributed by atoms with van der Waals surface area (Å²) in [5, 5.41) is 22.5. The second-order valence-electron chi connectivity index (χ2n) is 7.53. The van der Waals surface area contributed by atoms with Gasteiger partial charge in [0, 0.05) is 29.3 Å². The summed E-state index contributed by atoms with van der Waals surface area (Å²) < 4.78 is 61.5. The lowest BCUT2D eigenvalue weighted by Crippen LogP contribution is -2.18. The van der Waals surface area contributed by atoms with Crippen molar-refractivity contribution in [3.63, 3.8) is 0 Å². The Hall–Kier alpha value is -4.24. The van der Waals surface area contributed by atoms with E-state index in [4.69, 9.17) is 4.74 Å². The Morgan fingerprint density at radius 2 is 1.14 bits per heavy atom. The Morgan fingerprint density at radius 1 is 0.694 bits per heavy atom. The Balaban J connectivity index is 2.04. The van der Waals surface area contributed by atoms with Crippen LogP contribution in [0.4, 0.5) is 22.7 Å². The summed E-state index contributed by atoms with van der Waals surface area (Å²) >= 11 is 0. The smallest absolute Gasteiger partial charge is 0.273 e. The summed E-state index contributed by atoms with van der Waals surface area (Å²) in [6.45, 7) is 2.90. The molecule has 0 saturated heterocycles. The zero-order valence-corrected chi connectivity index (χ0v) is 20.7. The van der Waals surface area contributed by atoms with E-state index in [2.05, 4.69) is 9.44 Å². The van der Waals surface area contributed by atoms with Crippen LogP contribution in [0.15, 0.2) is 64.4 Å². The average molecular weight is 537 g/mol. The third-order valence-corrected chi connectivity index (χ3v) is 7.82. The fourth-order valence-electron chi connectivity index (χ4n) is 3.14. The number of sulfonamides is 2. The molecule has 0 saturated carbocycles. The maximum absolute atomic E-state index is 13.0. The van der Waals surface area contributed by atoms with Gasteiger partial charge in [-0.3, -0.25) is 29.7 Å². The highest BCUT2D eigenvalue weighted by Crippen LogP contribution is 2.33. The Morgan fingerprint density at radius 3 is 1.56 bits per heavy atom. The van der Waals surface area contributed by atoms with Crippen LogP contribution in [-0.2, 0) is 20.0 Å². The number of anilines is 2. The SMILES string of the molecule is COc1ccc(NS(=O)(=O)c2ccc(C)c([N+](=O)[O-])c2)c(NS(=O)(=O)c2ccc(C)c([N+](=O)[O-])c2)c1. The number of nitro groups is 2. The molecule has 3 rings (SSSR count). The fourth-order valence-corrected chi connectivity index (χ4v) is 5.33. The maximum Gasteiger partial charge on any atom is 0.273 e. The number of ether oxygens (including phenoxy) is 1. The number of nitrogens with one attached hydrogen (secondary N) is 2. The van der Waals surface area contributed by atoms with E-state index in [1.807, 2.05) is 0 Å². The highest BCUT2D eigenvalue weighted by Gasteiger charge is 2.24. The standard InChI is InChI=1S/C21H20N4O9S2/c1-13-4-7-16(11-20(13)24(26)27)35(30,31)22-18-9-6-15(34-3)10-19(18)23-36(32,33)17-8-5-14(2)21(12-17)25(28)29/h4-12,22-23H,1-3H3. The van der Waals surface area contributed by atoms with Gasteiger partial charge in [-0.05, 0) is 38.1 Å². The summed E-state index contributed by atoms with van der Waals surface area (Å²) in [6.07, 6.45) is 0. The van der Waals surface area contributed by atoms with E-state index >= 15 is 0 Å². The molecule has 3 aromatic carbocycles. The van der Waals surface area contributed by atoms with Gasteiger partial charge in [-0.15, -0.1) is 0 Å². The first-order chi connectivity index (χ1) is 16.7. The molecule has 0 aliphatic rings. The monoisotopic (exact) mass is 536 g/mol. The van der Waals surface area contributed by atoms with Gasteiger partial charge in [-0.2, -0.15) is 0 Å². The summed E-state index contributed by atoms with van der Waals surface area (Å²) in [6, 6.07) is 10.4. The van der Waals surface area contributed by atoms with E-state index in [1.54, 1.807) is 0 Å². The van der Waals surface area contributed by atoms with Crippen LogP contribution in [-0.4, -0.2) is 33.8 Å². The molecule has 0 aromatic heterocycles. The molecular weight excluding hydrogens is 516 g/mol. The molecule has 0 heterocycles. The third kappa shape index (κ3) is 5.52. The van der Waals surface area contributed by atoms with Crippen molar-refractivity contribution >= 4 is 42.8 Å². The second kappa shape index (κ2) is 9.79. The molecule has 13 nitrogen and oxygen atoms in total. The molecular formula is C21H20N4O9S2. The minimum atomic E-state index is -4.41. The molecule has 0 atom stereocenters. The lowest BCUT2D eigenvalue weighted by atomic mass is 10.2. The predicted molar refractivity (Wildman–Crippen MR) is 130 cm³/mol. The van der Waals surface area contributed by atoms with E-state index in [1.165, 1.54) is 63.4 Å². The van der Waals surface area contributed by atoms with Crippen molar-refractivity contribution in [2.75, 3.05) is 16.6 Å². The van der Waals surface area contributed by atoms with E-state index in [9.17, 15) is 37.1 Å². The van der Waals surface area contributed by atoms with E-state index in [0.29, 0.717) is 0 Å². The minimum absolute atomic E-state index is 0.177. The number of nitro benzene ring substituents is 2. The summed E-state index contributed by atoms with van der Waals surface area (Å²) in [5.74, 6) is 0.177. The lowest BCUT2D eigenvalue weighted by molar-refractivity contribution is -0.385. The molecule has 0 aliphatic carbocycles. The normalized spacial score (nSPS) is 11.5. The molecule has 3 aromatic rings. The Bertz CT molecular complexity index is 1590. The van der Waals surface area contributed by atoms with Gasteiger partial charge >= 0.3 is 0 Å². The van der Waals surface area contributed by atoms with Gasteiger partial charge in [0.15, 0.2) is 0 Å². The largest absolute Gasteiger partial charge is 0.497 e. The van der Waals surface area contributed by atoms with Crippen LogP contribution >= 0.6 is 0 Å². The molecule has 0 spiro atoms. The van der Waals surface area contributed by atoms with Crippen molar-refractivity contribution in [1.82, 2.24) is 0 Å². The quantitative estimate of drug-likeness (QED) is 0.303.